The molecule has 1 aliphatic carbocycles. The van der Waals surface area contributed by atoms with Crippen LogP contribution in [0.5, 0.6) is 0 Å². The van der Waals surface area contributed by atoms with Gasteiger partial charge in [-0.25, -0.2) is 13.1 Å². The van der Waals surface area contributed by atoms with Gasteiger partial charge in [0.15, 0.2) is 0 Å². The second-order valence-electron chi connectivity index (χ2n) is 3.95. The van der Waals surface area contributed by atoms with Crippen molar-refractivity contribution in [2.45, 2.75) is 35.6 Å². The summed E-state index contributed by atoms with van der Waals surface area (Å²) in [5.41, 5.74) is 5.75. The molecule has 1 aromatic rings. The van der Waals surface area contributed by atoms with Gasteiger partial charge in [-0.05, 0) is 47.3 Å². The molecule has 0 bridgehead atoms. The maximum atomic E-state index is 11.9. The smallest absolute Gasteiger partial charge is 0.250 e. The average Bonchev–Trinajstić information content (AvgIpc) is 2.75. The van der Waals surface area contributed by atoms with Crippen LogP contribution in [0.2, 0.25) is 0 Å². The van der Waals surface area contributed by atoms with Crippen LogP contribution in [-0.2, 0) is 10.0 Å². The molecule has 1 aliphatic rings. The largest absolute Gasteiger partial charge is 0.328 e. The predicted molar refractivity (Wildman–Crippen MR) is 68.0 cm³/mol. The Morgan fingerprint density at radius 2 is 2.19 bits per heavy atom. The van der Waals surface area contributed by atoms with Crippen LogP contribution in [0.1, 0.15) is 19.3 Å². The van der Waals surface area contributed by atoms with Crippen molar-refractivity contribution in [1.29, 1.82) is 0 Å². The molecule has 0 radical (unpaired) electrons. The molecule has 2 rings (SSSR count). The van der Waals surface area contributed by atoms with Crippen molar-refractivity contribution >= 4 is 37.3 Å². The number of hydrogen-bond acceptors (Lipinski definition) is 4. The summed E-state index contributed by atoms with van der Waals surface area (Å²) in [5.74, 6) is 0. The van der Waals surface area contributed by atoms with Gasteiger partial charge < -0.3 is 5.73 Å². The van der Waals surface area contributed by atoms with Crippen LogP contribution in [-0.4, -0.2) is 20.5 Å². The third-order valence-electron chi connectivity index (χ3n) is 2.61. The highest BCUT2D eigenvalue weighted by atomic mass is 79.9. The van der Waals surface area contributed by atoms with Crippen LogP contribution >= 0.6 is 27.3 Å². The second kappa shape index (κ2) is 4.73. The summed E-state index contributed by atoms with van der Waals surface area (Å²) in [6, 6.07) is 3.45. The van der Waals surface area contributed by atoms with Crippen molar-refractivity contribution in [3.63, 3.8) is 0 Å². The minimum atomic E-state index is -3.36. The first kappa shape index (κ1) is 12.5. The molecule has 90 valence electrons. The SMILES string of the molecule is NC1CCC(NS(=O)(=O)c2ccc(Br)s2)C1. The lowest BCUT2D eigenvalue weighted by molar-refractivity contribution is 0.550. The van der Waals surface area contributed by atoms with E-state index < -0.39 is 10.0 Å². The summed E-state index contributed by atoms with van der Waals surface area (Å²) < 4.78 is 27.8. The minimum Gasteiger partial charge on any atom is -0.328 e. The third-order valence-corrected chi connectivity index (χ3v) is 6.24. The summed E-state index contributed by atoms with van der Waals surface area (Å²) in [6.45, 7) is 0. The quantitative estimate of drug-likeness (QED) is 0.888. The fourth-order valence-corrected chi connectivity index (χ4v) is 5.15. The molecule has 2 atom stereocenters. The molecule has 0 aromatic carbocycles. The van der Waals surface area contributed by atoms with Crippen LogP contribution < -0.4 is 10.5 Å². The zero-order chi connectivity index (χ0) is 11.8. The standard InChI is InChI=1S/C9H13BrN2O2S2/c10-8-3-4-9(15-8)16(13,14)12-7-2-1-6(11)5-7/h3-4,6-7,12H,1-2,5,11H2. The lowest BCUT2D eigenvalue weighted by Crippen LogP contribution is -2.33. The van der Waals surface area contributed by atoms with E-state index in [1.165, 1.54) is 11.3 Å². The van der Waals surface area contributed by atoms with Crippen molar-refractivity contribution in [1.82, 2.24) is 4.72 Å². The Labute approximate surface area is 107 Å². The number of thiophene rings is 1. The number of nitrogens with two attached hydrogens (primary N) is 1. The molecule has 2 unspecified atom stereocenters. The van der Waals surface area contributed by atoms with Crippen molar-refractivity contribution in [3.05, 3.63) is 15.9 Å². The van der Waals surface area contributed by atoms with Gasteiger partial charge in [0.1, 0.15) is 4.21 Å². The predicted octanol–water partition coefficient (Wildman–Crippen LogP) is 1.67. The fourth-order valence-electron chi connectivity index (χ4n) is 1.84. The molecule has 7 heteroatoms. The monoisotopic (exact) mass is 324 g/mol. The molecule has 16 heavy (non-hydrogen) atoms. The van der Waals surface area contributed by atoms with Crippen molar-refractivity contribution in [2.75, 3.05) is 0 Å². The summed E-state index contributed by atoms with van der Waals surface area (Å²) >= 11 is 4.47. The van der Waals surface area contributed by atoms with Gasteiger partial charge in [0.05, 0.1) is 3.79 Å². The number of nitrogens with one attached hydrogen (secondary N) is 1. The van der Waals surface area contributed by atoms with Crippen LogP contribution in [0.3, 0.4) is 0 Å². The van der Waals surface area contributed by atoms with E-state index in [0.717, 1.165) is 23.0 Å². The highest BCUT2D eigenvalue weighted by molar-refractivity contribution is 9.11. The molecule has 1 saturated carbocycles. The Kier molecular flexibility index (Phi) is 3.70. The highest BCUT2D eigenvalue weighted by Crippen LogP contribution is 2.27. The van der Waals surface area contributed by atoms with Crippen LogP contribution in [0.15, 0.2) is 20.1 Å². The van der Waals surface area contributed by atoms with Crippen molar-refractivity contribution in [2.24, 2.45) is 5.73 Å². The summed E-state index contributed by atoms with van der Waals surface area (Å²) in [5, 5.41) is 0. The normalized spacial score (nSPS) is 26.1. The molecule has 0 amide bonds. The lowest BCUT2D eigenvalue weighted by atomic mass is 10.2. The molecular formula is C9H13BrN2O2S2. The number of hydrogen-bond donors (Lipinski definition) is 2. The topological polar surface area (TPSA) is 72.2 Å². The van der Waals surface area contributed by atoms with Gasteiger partial charge in [0.2, 0.25) is 10.0 Å². The van der Waals surface area contributed by atoms with Crippen molar-refractivity contribution in [3.8, 4) is 0 Å². The molecule has 3 N–H and O–H groups in total. The Morgan fingerprint density at radius 1 is 1.44 bits per heavy atom. The summed E-state index contributed by atoms with van der Waals surface area (Å²) in [6.07, 6.45) is 2.44. The first-order valence-corrected chi connectivity index (χ1v) is 8.10. The molecule has 0 aliphatic heterocycles. The number of halogens is 1. The van der Waals surface area contributed by atoms with E-state index in [9.17, 15) is 8.42 Å². The third kappa shape index (κ3) is 2.84. The Hall–Kier alpha value is 0.0500. The summed E-state index contributed by atoms with van der Waals surface area (Å²) in [7, 11) is -3.36. The van der Waals surface area contributed by atoms with Gasteiger partial charge in [0, 0.05) is 12.1 Å². The zero-order valence-electron chi connectivity index (χ0n) is 8.52. The molecule has 1 heterocycles. The maximum absolute atomic E-state index is 11.9. The van der Waals surface area contributed by atoms with E-state index in [1.807, 2.05) is 0 Å². The first-order valence-electron chi connectivity index (χ1n) is 5.00. The molecular weight excluding hydrogens is 312 g/mol. The van der Waals surface area contributed by atoms with Gasteiger partial charge in [-0.3, -0.25) is 0 Å². The van der Waals surface area contributed by atoms with E-state index in [2.05, 4.69) is 20.7 Å². The maximum Gasteiger partial charge on any atom is 0.250 e. The highest BCUT2D eigenvalue weighted by Gasteiger charge is 2.27. The van der Waals surface area contributed by atoms with E-state index in [0.29, 0.717) is 4.21 Å². The molecule has 0 spiro atoms. The van der Waals surface area contributed by atoms with Gasteiger partial charge in [0.25, 0.3) is 0 Å². The number of sulfonamides is 1. The van der Waals surface area contributed by atoms with E-state index in [4.69, 9.17) is 5.73 Å². The van der Waals surface area contributed by atoms with Crippen LogP contribution in [0.4, 0.5) is 0 Å². The Morgan fingerprint density at radius 3 is 2.69 bits per heavy atom. The van der Waals surface area contributed by atoms with Gasteiger partial charge >= 0.3 is 0 Å². The number of rotatable bonds is 3. The molecule has 1 aromatic heterocycles. The molecule has 4 nitrogen and oxygen atoms in total. The average molecular weight is 325 g/mol. The Balaban J connectivity index is 2.09. The summed E-state index contributed by atoms with van der Waals surface area (Å²) in [4.78, 5) is 0. The van der Waals surface area contributed by atoms with Gasteiger partial charge in [-0.15, -0.1) is 11.3 Å². The van der Waals surface area contributed by atoms with Crippen molar-refractivity contribution < 1.29 is 8.42 Å². The van der Waals surface area contributed by atoms with Gasteiger partial charge in [-0.2, -0.15) is 0 Å². The minimum absolute atomic E-state index is 0.0131. The fraction of sp³-hybridized carbons (Fsp3) is 0.556. The zero-order valence-corrected chi connectivity index (χ0v) is 11.7. The first-order chi connectivity index (χ1) is 7.47. The Bertz CT molecular complexity index is 472. The lowest BCUT2D eigenvalue weighted by Gasteiger charge is -2.11. The molecule has 1 fully saturated rings. The van der Waals surface area contributed by atoms with E-state index >= 15 is 0 Å². The van der Waals surface area contributed by atoms with Crippen LogP contribution in [0, 0.1) is 0 Å². The van der Waals surface area contributed by atoms with Crippen LogP contribution in [0.25, 0.3) is 0 Å². The second-order valence-corrected chi connectivity index (χ2v) is 8.35. The van der Waals surface area contributed by atoms with E-state index in [1.54, 1.807) is 12.1 Å². The van der Waals surface area contributed by atoms with E-state index in [-0.39, 0.29) is 12.1 Å². The van der Waals surface area contributed by atoms with Gasteiger partial charge in [-0.1, -0.05) is 0 Å². The molecule has 0 saturated heterocycles.